The molecule has 1 aliphatic heterocycles. The van der Waals surface area contributed by atoms with Gasteiger partial charge in [-0.1, -0.05) is 49.7 Å². The fourth-order valence-corrected chi connectivity index (χ4v) is 5.52. The van der Waals surface area contributed by atoms with E-state index >= 15 is 0 Å². The Morgan fingerprint density at radius 3 is 2.40 bits per heavy atom. The molecule has 0 amide bonds. The molecule has 0 N–H and O–H groups in total. The quantitative estimate of drug-likeness (QED) is 0.370. The van der Waals surface area contributed by atoms with E-state index in [4.69, 9.17) is 9.37 Å². The van der Waals surface area contributed by atoms with E-state index in [2.05, 4.69) is 67.5 Å². The minimum Gasteiger partial charge on any atom is -0.376 e. The van der Waals surface area contributed by atoms with E-state index in [9.17, 15) is 0 Å². The molecule has 5 heteroatoms. The smallest absolute Gasteiger partial charge is 0.149 e. The van der Waals surface area contributed by atoms with Gasteiger partial charge in [-0.2, -0.15) is 0 Å². The Balaban J connectivity index is 1.36. The minimum atomic E-state index is 0.405. The van der Waals surface area contributed by atoms with E-state index in [0.717, 1.165) is 34.7 Å². The molecule has 0 aliphatic carbocycles. The Labute approximate surface area is 183 Å². The molecule has 4 nitrogen and oxygen atoms in total. The molecular formula is C25H32N2O2S. The van der Waals surface area contributed by atoms with Crippen molar-refractivity contribution in [1.82, 2.24) is 10.3 Å². The van der Waals surface area contributed by atoms with Crippen LogP contribution in [0.3, 0.4) is 0 Å². The summed E-state index contributed by atoms with van der Waals surface area (Å²) in [6.45, 7) is 6.58. The molecule has 0 bridgehead atoms. The molecule has 0 spiro atoms. The lowest BCUT2D eigenvalue weighted by Gasteiger charge is -2.32. The summed E-state index contributed by atoms with van der Waals surface area (Å²) in [4.78, 5) is 2.31. The van der Waals surface area contributed by atoms with Gasteiger partial charge < -0.3 is 4.74 Å². The first-order chi connectivity index (χ1) is 14.6. The second-order valence-electron chi connectivity index (χ2n) is 8.62. The predicted octanol–water partition coefficient (Wildman–Crippen LogP) is 6.85. The van der Waals surface area contributed by atoms with Crippen LogP contribution in [-0.2, 0) is 17.6 Å². The van der Waals surface area contributed by atoms with Crippen LogP contribution in [0.15, 0.2) is 50.8 Å². The number of aromatic nitrogens is 2. The molecule has 2 atom stereocenters. The Hall–Kier alpha value is -1.85. The highest BCUT2D eigenvalue weighted by Crippen LogP contribution is 2.34. The summed E-state index contributed by atoms with van der Waals surface area (Å²) >= 11 is 1.72. The predicted molar refractivity (Wildman–Crippen MR) is 122 cm³/mol. The van der Waals surface area contributed by atoms with Crippen molar-refractivity contribution >= 4 is 22.8 Å². The van der Waals surface area contributed by atoms with Gasteiger partial charge >= 0.3 is 0 Å². The lowest BCUT2D eigenvalue weighted by Crippen LogP contribution is -2.29. The Morgan fingerprint density at radius 2 is 1.67 bits per heavy atom. The topological polar surface area (TPSA) is 48.2 Å². The van der Waals surface area contributed by atoms with Crippen LogP contribution in [0.4, 0.5) is 0 Å². The lowest BCUT2D eigenvalue weighted by atomic mass is 9.88. The minimum absolute atomic E-state index is 0.405. The summed E-state index contributed by atoms with van der Waals surface area (Å²) in [5.74, 6) is 0.801. The summed E-state index contributed by atoms with van der Waals surface area (Å²) in [5, 5.41) is 8.43. The van der Waals surface area contributed by atoms with Crippen LogP contribution in [0.25, 0.3) is 11.0 Å². The van der Waals surface area contributed by atoms with E-state index in [1.165, 1.54) is 48.1 Å². The third kappa shape index (κ3) is 5.25. The fraction of sp³-hybridized carbons (Fsp3) is 0.520. The highest BCUT2D eigenvalue weighted by Gasteiger charge is 2.23. The second kappa shape index (κ2) is 9.97. The van der Waals surface area contributed by atoms with Crippen LogP contribution >= 0.6 is 11.8 Å². The number of unbranched alkanes of at least 4 members (excludes halogenated alkanes) is 1. The van der Waals surface area contributed by atoms with Gasteiger partial charge in [-0.25, -0.2) is 4.63 Å². The van der Waals surface area contributed by atoms with Crippen molar-refractivity contribution in [2.45, 2.75) is 87.7 Å². The Kier molecular flexibility index (Phi) is 7.11. The normalized spacial score (nSPS) is 21.9. The SMILES string of the molecule is CCc1ccc(Sc2ccc(CCCCC3CC(C)OC(C)C3)c3nonc23)cc1. The maximum Gasteiger partial charge on any atom is 0.149 e. The maximum absolute atomic E-state index is 5.87. The highest BCUT2D eigenvalue weighted by molar-refractivity contribution is 7.99. The molecule has 0 radical (unpaired) electrons. The molecule has 3 aromatic rings. The average Bonchev–Trinajstić information content (AvgIpc) is 3.23. The van der Waals surface area contributed by atoms with Gasteiger partial charge in [0.15, 0.2) is 0 Å². The molecule has 160 valence electrons. The summed E-state index contributed by atoms with van der Waals surface area (Å²) in [5.41, 5.74) is 4.39. The van der Waals surface area contributed by atoms with Gasteiger partial charge in [0.05, 0.1) is 12.2 Å². The summed E-state index contributed by atoms with van der Waals surface area (Å²) < 4.78 is 11.0. The van der Waals surface area contributed by atoms with Crippen LogP contribution < -0.4 is 0 Å². The fourth-order valence-electron chi connectivity index (χ4n) is 4.63. The molecule has 0 saturated carbocycles. The molecular weight excluding hydrogens is 392 g/mol. The molecule has 4 rings (SSSR count). The van der Waals surface area contributed by atoms with E-state index < -0.39 is 0 Å². The number of rotatable bonds is 8. The van der Waals surface area contributed by atoms with Crippen molar-refractivity contribution < 1.29 is 9.37 Å². The maximum atomic E-state index is 5.87. The van der Waals surface area contributed by atoms with Crippen molar-refractivity contribution in [3.05, 3.63) is 47.5 Å². The first-order valence-corrected chi connectivity index (χ1v) is 12.1. The number of hydrogen-bond acceptors (Lipinski definition) is 5. The monoisotopic (exact) mass is 424 g/mol. The number of benzene rings is 2. The van der Waals surface area contributed by atoms with Gasteiger partial charge in [0.25, 0.3) is 0 Å². The van der Waals surface area contributed by atoms with Gasteiger partial charge in [0.2, 0.25) is 0 Å². The van der Waals surface area contributed by atoms with Crippen molar-refractivity contribution in [3.8, 4) is 0 Å². The third-order valence-corrected chi connectivity index (χ3v) is 7.18. The van der Waals surface area contributed by atoms with Crippen molar-refractivity contribution in [1.29, 1.82) is 0 Å². The van der Waals surface area contributed by atoms with Crippen LogP contribution in [0.2, 0.25) is 0 Å². The van der Waals surface area contributed by atoms with E-state index in [1.54, 1.807) is 11.8 Å². The zero-order chi connectivity index (χ0) is 20.9. The largest absolute Gasteiger partial charge is 0.376 e. The number of ether oxygens (including phenoxy) is 1. The number of fused-ring (bicyclic) bond motifs is 1. The van der Waals surface area contributed by atoms with Crippen molar-refractivity contribution in [2.24, 2.45) is 5.92 Å². The standard InChI is InChI=1S/C25H32N2O2S/c1-4-19-9-12-22(13-10-19)30-23-14-11-21(24-25(23)27-29-26-24)8-6-5-7-20-15-17(2)28-18(3)16-20/h9-14,17-18,20H,4-8,15-16H2,1-3H3. The first kappa shape index (κ1) is 21.4. The highest BCUT2D eigenvalue weighted by atomic mass is 32.2. The van der Waals surface area contributed by atoms with Crippen LogP contribution in [0, 0.1) is 5.92 Å². The molecule has 2 unspecified atom stereocenters. The lowest BCUT2D eigenvalue weighted by molar-refractivity contribution is -0.0537. The molecule has 1 aromatic heterocycles. The van der Waals surface area contributed by atoms with E-state index in [1.807, 2.05) is 0 Å². The van der Waals surface area contributed by atoms with E-state index in [0.29, 0.717) is 12.2 Å². The average molecular weight is 425 g/mol. The second-order valence-corrected chi connectivity index (χ2v) is 9.74. The first-order valence-electron chi connectivity index (χ1n) is 11.3. The molecule has 30 heavy (non-hydrogen) atoms. The van der Waals surface area contributed by atoms with Gasteiger partial charge in [-0.3, -0.25) is 0 Å². The number of aryl methyl sites for hydroxylation is 2. The van der Waals surface area contributed by atoms with Crippen molar-refractivity contribution in [2.75, 3.05) is 0 Å². The van der Waals surface area contributed by atoms with Crippen molar-refractivity contribution in [3.63, 3.8) is 0 Å². The Bertz CT molecular complexity index is 943. The molecule has 2 aromatic carbocycles. The van der Waals surface area contributed by atoms with Gasteiger partial charge in [-0.05, 0) is 91.5 Å². The Morgan fingerprint density at radius 1 is 0.933 bits per heavy atom. The zero-order valence-electron chi connectivity index (χ0n) is 18.3. The zero-order valence-corrected chi connectivity index (χ0v) is 19.1. The van der Waals surface area contributed by atoms with Gasteiger partial charge in [-0.15, -0.1) is 0 Å². The number of hydrogen-bond donors (Lipinski definition) is 0. The molecule has 1 saturated heterocycles. The van der Waals surface area contributed by atoms with Crippen LogP contribution in [0.1, 0.15) is 64.0 Å². The van der Waals surface area contributed by atoms with Gasteiger partial charge in [0, 0.05) is 9.79 Å². The van der Waals surface area contributed by atoms with Crippen LogP contribution in [0.5, 0.6) is 0 Å². The number of nitrogens with zero attached hydrogens (tertiary/aromatic N) is 2. The summed E-state index contributed by atoms with van der Waals surface area (Å²) in [6, 6.07) is 13.1. The van der Waals surface area contributed by atoms with Gasteiger partial charge in [0.1, 0.15) is 11.0 Å². The van der Waals surface area contributed by atoms with Crippen LogP contribution in [-0.4, -0.2) is 22.5 Å². The van der Waals surface area contributed by atoms with E-state index in [-0.39, 0.29) is 0 Å². The third-order valence-electron chi connectivity index (χ3n) is 6.13. The molecule has 1 aliphatic rings. The molecule has 1 fully saturated rings. The molecule has 2 heterocycles. The summed E-state index contributed by atoms with van der Waals surface area (Å²) in [7, 11) is 0. The summed E-state index contributed by atoms with van der Waals surface area (Å²) in [6.07, 6.45) is 9.01.